The number of rotatable bonds is 2. The van der Waals surface area contributed by atoms with Gasteiger partial charge in [-0.15, -0.1) is 5.10 Å². The maximum absolute atomic E-state index is 5.46. The maximum Gasteiger partial charge on any atom is 0.182 e. The van der Waals surface area contributed by atoms with Gasteiger partial charge in [0.05, 0.1) is 6.20 Å². The van der Waals surface area contributed by atoms with Gasteiger partial charge in [0.25, 0.3) is 0 Å². The SMILES string of the molecule is Cn1c(CCN)nc2ccnnc21. The molecule has 0 aliphatic carbocycles. The van der Waals surface area contributed by atoms with E-state index in [0.29, 0.717) is 6.54 Å². The highest BCUT2D eigenvalue weighted by Gasteiger charge is 2.06. The zero-order chi connectivity index (χ0) is 9.26. The van der Waals surface area contributed by atoms with E-state index in [4.69, 9.17) is 5.73 Å². The van der Waals surface area contributed by atoms with Crippen LogP contribution in [0.4, 0.5) is 0 Å². The first-order valence-corrected chi connectivity index (χ1v) is 4.16. The molecular weight excluding hydrogens is 166 g/mol. The van der Waals surface area contributed by atoms with Gasteiger partial charge in [0.15, 0.2) is 5.65 Å². The lowest BCUT2D eigenvalue weighted by Crippen LogP contribution is -2.07. The van der Waals surface area contributed by atoms with Gasteiger partial charge in [-0.25, -0.2) is 4.98 Å². The van der Waals surface area contributed by atoms with E-state index in [1.165, 1.54) is 0 Å². The first kappa shape index (κ1) is 8.12. The van der Waals surface area contributed by atoms with Gasteiger partial charge < -0.3 is 10.3 Å². The highest BCUT2D eigenvalue weighted by Crippen LogP contribution is 2.10. The van der Waals surface area contributed by atoms with Crippen molar-refractivity contribution in [2.45, 2.75) is 6.42 Å². The third-order valence-electron chi connectivity index (χ3n) is 2.00. The van der Waals surface area contributed by atoms with Crippen LogP contribution in [0.3, 0.4) is 0 Å². The molecule has 5 nitrogen and oxygen atoms in total. The standard InChI is InChI=1S/C8H11N5/c1-13-7(2-4-9)11-6-3-5-10-12-8(6)13/h3,5H,2,4,9H2,1H3. The molecule has 0 aliphatic rings. The fourth-order valence-corrected chi connectivity index (χ4v) is 1.33. The molecule has 0 bridgehead atoms. The van der Waals surface area contributed by atoms with Crippen molar-refractivity contribution in [3.63, 3.8) is 0 Å². The van der Waals surface area contributed by atoms with Gasteiger partial charge in [-0.1, -0.05) is 0 Å². The Hall–Kier alpha value is -1.49. The number of nitrogens with zero attached hydrogens (tertiary/aromatic N) is 4. The van der Waals surface area contributed by atoms with E-state index in [-0.39, 0.29) is 0 Å². The number of hydrogen-bond donors (Lipinski definition) is 1. The monoisotopic (exact) mass is 177 g/mol. The Morgan fingerprint density at radius 1 is 1.54 bits per heavy atom. The minimum atomic E-state index is 0.602. The number of aromatic nitrogens is 4. The van der Waals surface area contributed by atoms with E-state index < -0.39 is 0 Å². The van der Waals surface area contributed by atoms with Crippen LogP contribution in [0.5, 0.6) is 0 Å². The normalized spacial score (nSPS) is 10.9. The van der Waals surface area contributed by atoms with E-state index in [9.17, 15) is 0 Å². The van der Waals surface area contributed by atoms with Crippen LogP contribution in [0.25, 0.3) is 11.2 Å². The van der Waals surface area contributed by atoms with E-state index in [1.807, 2.05) is 17.7 Å². The van der Waals surface area contributed by atoms with Crippen molar-refractivity contribution in [3.8, 4) is 0 Å². The lowest BCUT2D eigenvalue weighted by Gasteiger charge is -1.97. The van der Waals surface area contributed by atoms with E-state index in [1.54, 1.807) is 6.20 Å². The molecule has 2 rings (SSSR count). The van der Waals surface area contributed by atoms with Crippen molar-refractivity contribution in [3.05, 3.63) is 18.1 Å². The summed E-state index contributed by atoms with van der Waals surface area (Å²) in [6.07, 6.45) is 2.41. The zero-order valence-electron chi connectivity index (χ0n) is 7.44. The topological polar surface area (TPSA) is 69.6 Å². The Morgan fingerprint density at radius 2 is 2.38 bits per heavy atom. The summed E-state index contributed by atoms with van der Waals surface area (Å²) < 4.78 is 1.93. The molecule has 2 aromatic heterocycles. The Labute approximate surface area is 75.6 Å². The summed E-state index contributed by atoms with van der Waals surface area (Å²) in [4.78, 5) is 4.38. The first-order chi connectivity index (χ1) is 6.33. The Morgan fingerprint density at radius 3 is 3.08 bits per heavy atom. The lowest BCUT2D eigenvalue weighted by molar-refractivity contribution is 0.784. The molecule has 0 radical (unpaired) electrons. The fraction of sp³-hybridized carbons (Fsp3) is 0.375. The molecule has 0 unspecified atom stereocenters. The number of nitrogens with two attached hydrogens (primary N) is 1. The molecule has 2 aromatic rings. The van der Waals surface area contributed by atoms with E-state index >= 15 is 0 Å². The van der Waals surface area contributed by atoms with Gasteiger partial charge >= 0.3 is 0 Å². The second-order valence-electron chi connectivity index (χ2n) is 2.87. The van der Waals surface area contributed by atoms with Gasteiger partial charge in [0.1, 0.15) is 11.3 Å². The van der Waals surface area contributed by atoms with Crippen molar-refractivity contribution in [1.82, 2.24) is 19.7 Å². The molecule has 13 heavy (non-hydrogen) atoms. The van der Waals surface area contributed by atoms with Gasteiger partial charge in [-0.3, -0.25) is 0 Å². The third kappa shape index (κ3) is 1.27. The molecule has 68 valence electrons. The average molecular weight is 177 g/mol. The van der Waals surface area contributed by atoms with Crippen molar-refractivity contribution < 1.29 is 0 Å². The van der Waals surface area contributed by atoms with E-state index in [2.05, 4.69) is 15.2 Å². The lowest BCUT2D eigenvalue weighted by atomic mass is 10.4. The number of imidazole rings is 1. The summed E-state index contributed by atoms with van der Waals surface area (Å²) in [5.41, 5.74) is 7.15. The Bertz CT molecular complexity index is 419. The highest BCUT2D eigenvalue weighted by atomic mass is 15.2. The molecule has 0 aromatic carbocycles. The van der Waals surface area contributed by atoms with Crippen LogP contribution in [0.2, 0.25) is 0 Å². The molecule has 0 saturated carbocycles. The molecule has 0 amide bonds. The van der Waals surface area contributed by atoms with Crippen molar-refractivity contribution >= 4 is 11.2 Å². The first-order valence-electron chi connectivity index (χ1n) is 4.16. The van der Waals surface area contributed by atoms with Crippen molar-refractivity contribution in [2.24, 2.45) is 12.8 Å². The van der Waals surface area contributed by atoms with Gasteiger partial charge in [-0.2, -0.15) is 5.10 Å². The second kappa shape index (κ2) is 3.10. The molecule has 0 aliphatic heterocycles. The minimum absolute atomic E-state index is 0.602. The van der Waals surface area contributed by atoms with Gasteiger partial charge in [0, 0.05) is 13.5 Å². The van der Waals surface area contributed by atoms with Crippen LogP contribution in [0, 0.1) is 0 Å². The number of aryl methyl sites for hydroxylation is 1. The number of hydrogen-bond acceptors (Lipinski definition) is 4. The zero-order valence-corrected chi connectivity index (χ0v) is 7.44. The summed E-state index contributed by atoms with van der Waals surface area (Å²) in [7, 11) is 1.93. The number of fused-ring (bicyclic) bond motifs is 1. The average Bonchev–Trinajstić information content (AvgIpc) is 2.46. The van der Waals surface area contributed by atoms with Crippen molar-refractivity contribution in [2.75, 3.05) is 6.54 Å². The summed E-state index contributed by atoms with van der Waals surface area (Å²) >= 11 is 0. The summed E-state index contributed by atoms with van der Waals surface area (Å²) in [5, 5.41) is 7.80. The summed E-state index contributed by atoms with van der Waals surface area (Å²) in [6.45, 7) is 0.602. The summed E-state index contributed by atoms with van der Waals surface area (Å²) in [6, 6.07) is 1.85. The van der Waals surface area contributed by atoms with Crippen molar-refractivity contribution in [1.29, 1.82) is 0 Å². The maximum atomic E-state index is 5.46. The van der Waals surface area contributed by atoms with Crippen LogP contribution in [0.1, 0.15) is 5.82 Å². The third-order valence-corrected chi connectivity index (χ3v) is 2.00. The smallest absolute Gasteiger partial charge is 0.182 e. The minimum Gasteiger partial charge on any atom is -0.330 e. The van der Waals surface area contributed by atoms with E-state index in [0.717, 1.165) is 23.4 Å². The van der Waals surface area contributed by atoms with Gasteiger partial charge in [-0.05, 0) is 12.6 Å². The van der Waals surface area contributed by atoms with Crippen LogP contribution >= 0.6 is 0 Å². The predicted octanol–water partition coefficient (Wildman–Crippen LogP) is -0.136. The second-order valence-corrected chi connectivity index (χ2v) is 2.87. The van der Waals surface area contributed by atoms with Crippen LogP contribution < -0.4 is 5.73 Å². The van der Waals surface area contributed by atoms with Crippen LogP contribution in [0.15, 0.2) is 12.3 Å². The molecule has 2 N–H and O–H groups in total. The molecule has 5 heteroatoms. The molecule has 0 fully saturated rings. The van der Waals surface area contributed by atoms with Crippen LogP contribution in [-0.4, -0.2) is 26.3 Å². The fourth-order valence-electron chi connectivity index (χ4n) is 1.33. The Kier molecular flexibility index (Phi) is 1.94. The highest BCUT2D eigenvalue weighted by molar-refractivity contribution is 5.70. The Balaban J connectivity index is 2.60. The predicted molar refractivity (Wildman–Crippen MR) is 49.1 cm³/mol. The molecule has 0 saturated heterocycles. The van der Waals surface area contributed by atoms with Crippen LogP contribution in [-0.2, 0) is 13.5 Å². The molecule has 2 heterocycles. The summed E-state index contributed by atoms with van der Waals surface area (Å²) in [5.74, 6) is 0.956. The quantitative estimate of drug-likeness (QED) is 0.693. The molecule has 0 atom stereocenters. The largest absolute Gasteiger partial charge is 0.330 e. The molecular formula is C8H11N5. The van der Waals surface area contributed by atoms with Gasteiger partial charge in [0.2, 0.25) is 0 Å². The molecule has 0 spiro atoms.